The molecule has 118 valence electrons. The van der Waals surface area contributed by atoms with Crippen LogP contribution >= 0.6 is 0 Å². The molecular formula is C13H18F2N2O3S. The maximum atomic E-state index is 14.3. The summed E-state index contributed by atoms with van der Waals surface area (Å²) < 4.78 is 59.5. The molecule has 2 atom stereocenters. The maximum Gasteiger partial charge on any atom is 0.246 e. The quantitative estimate of drug-likeness (QED) is 0.909. The fraction of sp³-hybridized carbons (Fsp3) is 0.538. The summed E-state index contributed by atoms with van der Waals surface area (Å²) >= 11 is 0. The molecule has 0 aliphatic carbocycles. The largest absolute Gasteiger partial charge is 0.375 e. The Morgan fingerprint density at radius 3 is 2.67 bits per heavy atom. The second-order valence-electron chi connectivity index (χ2n) is 5.11. The van der Waals surface area contributed by atoms with Gasteiger partial charge in [0.1, 0.15) is 10.7 Å². The molecule has 1 aliphatic heterocycles. The number of ether oxygens (including phenoxy) is 1. The molecule has 8 heteroatoms. The van der Waals surface area contributed by atoms with Crippen LogP contribution in [0.3, 0.4) is 0 Å². The summed E-state index contributed by atoms with van der Waals surface area (Å²) in [5.41, 5.74) is 4.86. The zero-order valence-electron chi connectivity index (χ0n) is 11.8. The van der Waals surface area contributed by atoms with Crippen LogP contribution in [0.1, 0.15) is 19.4 Å². The molecule has 1 aliphatic rings. The number of benzene rings is 1. The number of sulfonamides is 1. The van der Waals surface area contributed by atoms with E-state index >= 15 is 0 Å². The van der Waals surface area contributed by atoms with E-state index in [1.165, 1.54) is 4.31 Å². The first kappa shape index (κ1) is 16.3. The van der Waals surface area contributed by atoms with Crippen molar-refractivity contribution in [3.05, 3.63) is 29.3 Å². The molecule has 1 saturated heterocycles. The molecule has 0 spiro atoms. The highest BCUT2D eigenvalue weighted by molar-refractivity contribution is 7.89. The number of nitrogens with zero attached hydrogens (tertiary/aromatic N) is 1. The average molecular weight is 320 g/mol. The third-order valence-corrected chi connectivity index (χ3v) is 5.49. The predicted molar refractivity (Wildman–Crippen MR) is 73.0 cm³/mol. The Morgan fingerprint density at radius 1 is 1.38 bits per heavy atom. The van der Waals surface area contributed by atoms with Crippen LogP contribution in [-0.4, -0.2) is 38.0 Å². The lowest BCUT2D eigenvalue weighted by molar-refractivity contribution is -0.0171. The number of hydrogen-bond donors (Lipinski definition) is 1. The van der Waals surface area contributed by atoms with Gasteiger partial charge >= 0.3 is 0 Å². The van der Waals surface area contributed by atoms with Gasteiger partial charge in [0.05, 0.1) is 12.7 Å². The predicted octanol–water partition coefficient (Wildman–Crippen LogP) is 1.22. The van der Waals surface area contributed by atoms with E-state index in [1.54, 1.807) is 13.8 Å². The van der Waals surface area contributed by atoms with Crippen molar-refractivity contribution in [2.24, 2.45) is 5.73 Å². The van der Waals surface area contributed by atoms with Crippen molar-refractivity contribution in [2.75, 3.05) is 13.2 Å². The Labute approximate surface area is 122 Å². The van der Waals surface area contributed by atoms with Gasteiger partial charge in [-0.2, -0.15) is 4.31 Å². The molecule has 0 saturated carbocycles. The number of nitrogens with two attached hydrogens (primary N) is 1. The van der Waals surface area contributed by atoms with E-state index in [9.17, 15) is 17.2 Å². The molecule has 21 heavy (non-hydrogen) atoms. The van der Waals surface area contributed by atoms with Crippen LogP contribution in [-0.2, 0) is 21.3 Å². The minimum absolute atomic E-state index is 0.123. The van der Waals surface area contributed by atoms with E-state index in [4.69, 9.17) is 10.5 Å². The fourth-order valence-corrected chi connectivity index (χ4v) is 4.08. The van der Waals surface area contributed by atoms with E-state index in [1.807, 2.05) is 0 Å². The van der Waals surface area contributed by atoms with Gasteiger partial charge < -0.3 is 10.5 Å². The van der Waals surface area contributed by atoms with Gasteiger partial charge in [-0.25, -0.2) is 17.2 Å². The zero-order chi connectivity index (χ0) is 15.8. The molecule has 1 aromatic rings. The number of rotatable bonds is 3. The first-order valence-electron chi connectivity index (χ1n) is 6.59. The maximum absolute atomic E-state index is 14.3. The molecule has 1 heterocycles. The van der Waals surface area contributed by atoms with Gasteiger partial charge in [0.15, 0.2) is 5.82 Å². The van der Waals surface area contributed by atoms with Crippen LogP contribution in [0.15, 0.2) is 17.0 Å². The molecule has 1 aromatic carbocycles. The SMILES string of the molecule is CC1CN(S(=O)(=O)c2ccc(F)c(CN)c2F)C(C)CO1. The molecule has 2 N–H and O–H groups in total. The standard InChI is InChI=1S/C13H18F2N2O3S/c1-8-7-20-9(2)6-17(8)21(18,19)12-4-3-11(14)10(5-16)13(12)15/h3-4,8-9H,5-7,16H2,1-2H3. The molecule has 5 nitrogen and oxygen atoms in total. The van der Waals surface area contributed by atoms with Gasteiger partial charge in [-0.3, -0.25) is 0 Å². The summed E-state index contributed by atoms with van der Waals surface area (Å²) in [4.78, 5) is -0.551. The molecule has 0 aromatic heterocycles. The van der Waals surface area contributed by atoms with E-state index in [2.05, 4.69) is 0 Å². The molecule has 0 amide bonds. The third-order valence-electron chi connectivity index (χ3n) is 3.49. The fourth-order valence-electron chi connectivity index (χ4n) is 2.30. The smallest absolute Gasteiger partial charge is 0.246 e. The Balaban J connectivity index is 2.49. The highest BCUT2D eigenvalue weighted by atomic mass is 32.2. The third kappa shape index (κ3) is 2.94. The average Bonchev–Trinajstić information content (AvgIpc) is 2.41. The highest BCUT2D eigenvalue weighted by Crippen LogP contribution is 2.27. The summed E-state index contributed by atoms with van der Waals surface area (Å²) in [7, 11) is -4.07. The number of morpholine rings is 1. The van der Waals surface area contributed by atoms with Crippen molar-refractivity contribution in [2.45, 2.75) is 37.4 Å². The molecule has 2 rings (SSSR count). The monoisotopic (exact) mass is 320 g/mol. The topological polar surface area (TPSA) is 72.6 Å². The van der Waals surface area contributed by atoms with E-state index in [0.29, 0.717) is 0 Å². The summed E-state index contributed by atoms with van der Waals surface area (Å²) in [5, 5.41) is 0. The minimum atomic E-state index is -4.07. The van der Waals surface area contributed by atoms with Crippen molar-refractivity contribution in [3.63, 3.8) is 0 Å². The zero-order valence-corrected chi connectivity index (χ0v) is 12.7. The molecule has 2 unspecified atom stereocenters. The van der Waals surface area contributed by atoms with Gasteiger partial charge in [-0.15, -0.1) is 0 Å². The van der Waals surface area contributed by atoms with Crippen LogP contribution in [0.2, 0.25) is 0 Å². The lowest BCUT2D eigenvalue weighted by atomic mass is 10.2. The highest BCUT2D eigenvalue weighted by Gasteiger charge is 2.36. The minimum Gasteiger partial charge on any atom is -0.375 e. The first-order chi connectivity index (χ1) is 9.78. The van der Waals surface area contributed by atoms with Crippen molar-refractivity contribution in [3.8, 4) is 0 Å². The van der Waals surface area contributed by atoms with Crippen molar-refractivity contribution in [1.29, 1.82) is 0 Å². The number of hydrogen-bond acceptors (Lipinski definition) is 4. The van der Waals surface area contributed by atoms with E-state index < -0.39 is 44.7 Å². The van der Waals surface area contributed by atoms with Crippen LogP contribution < -0.4 is 5.73 Å². The Kier molecular flexibility index (Phi) is 4.62. The Hall–Kier alpha value is -1.09. The van der Waals surface area contributed by atoms with Crippen LogP contribution in [0.4, 0.5) is 8.78 Å². The second kappa shape index (κ2) is 5.96. The lowest BCUT2D eigenvalue weighted by Gasteiger charge is -2.35. The van der Waals surface area contributed by atoms with Gasteiger partial charge in [0.25, 0.3) is 0 Å². The second-order valence-corrected chi connectivity index (χ2v) is 6.97. The van der Waals surface area contributed by atoms with Crippen molar-refractivity contribution in [1.82, 2.24) is 4.31 Å². The van der Waals surface area contributed by atoms with Crippen molar-refractivity contribution < 1.29 is 21.9 Å². The molecule has 1 fully saturated rings. The summed E-state index contributed by atoms with van der Waals surface area (Å²) in [6.45, 7) is 3.36. The molecular weight excluding hydrogens is 302 g/mol. The van der Waals surface area contributed by atoms with E-state index in [0.717, 1.165) is 12.1 Å². The first-order valence-corrected chi connectivity index (χ1v) is 8.03. The molecule has 0 radical (unpaired) electrons. The van der Waals surface area contributed by atoms with Crippen LogP contribution in [0.25, 0.3) is 0 Å². The van der Waals surface area contributed by atoms with Crippen LogP contribution in [0, 0.1) is 11.6 Å². The van der Waals surface area contributed by atoms with Gasteiger partial charge in [-0.05, 0) is 26.0 Å². The summed E-state index contributed by atoms with van der Waals surface area (Å²) in [6, 6.07) is 1.44. The van der Waals surface area contributed by atoms with Crippen LogP contribution in [0.5, 0.6) is 0 Å². The Bertz CT molecular complexity index is 637. The van der Waals surface area contributed by atoms with Crippen molar-refractivity contribution >= 4 is 10.0 Å². The number of halogens is 2. The summed E-state index contributed by atoms with van der Waals surface area (Å²) in [5.74, 6) is -1.97. The van der Waals surface area contributed by atoms with E-state index in [-0.39, 0.29) is 19.3 Å². The molecule has 0 bridgehead atoms. The van der Waals surface area contributed by atoms with Gasteiger partial charge in [-0.1, -0.05) is 0 Å². The summed E-state index contributed by atoms with van der Waals surface area (Å²) in [6.07, 6.45) is -0.284. The van der Waals surface area contributed by atoms with Gasteiger partial charge in [0.2, 0.25) is 10.0 Å². The Morgan fingerprint density at radius 2 is 2.05 bits per heavy atom. The normalized spacial score (nSPS) is 24.2. The van der Waals surface area contributed by atoms with Gasteiger partial charge in [0, 0.05) is 24.7 Å². The lowest BCUT2D eigenvalue weighted by Crippen LogP contribution is -2.50.